The van der Waals surface area contributed by atoms with Crippen LogP contribution in [0.15, 0.2) is 40.3 Å². The zero-order valence-electron chi connectivity index (χ0n) is 15.2. The Morgan fingerprint density at radius 3 is 1.89 bits per heavy atom. The molecule has 0 radical (unpaired) electrons. The van der Waals surface area contributed by atoms with E-state index in [1.54, 1.807) is 14.0 Å². The first-order valence-corrected chi connectivity index (χ1v) is 11.2. The Morgan fingerprint density at radius 2 is 1.46 bits per heavy atom. The summed E-state index contributed by atoms with van der Waals surface area (Å²) in [7, 11) is -6.01. The van der Waals surface area contributed by atoms with Crippen LogP contribution in [0, 0.1) is 17.0 Å². The van der Waals surface area contributed by atoms with Gasteiger partial charge in [-0.2, -0.15) is 13.7 Å². The molecule has 1 fully saturated rings. The van der Waals surface area contributed by atoms with Gasteiger partial charge in [0.2, 0.25) is 20.0 Å². The zero-order valence-corrected chi connectivity index (χ0v) is 16.9. The molecule has 0 amide bonds. The van der Waals surface area contributed by atoms with Crippen molar-refractivity contribution in [1.29, 1.82) is 0 Å². The van der Waals surface area contributed by atoms with E-state index in [2.05, 4.69) is 5.10 Å². The number of non-ortho nitro benzene ring substituents is 1. The Balaban J connectivity index is 1.75. The van der Waals surface area contributed by atoms with Crippen molar-refractivity contribution in [3.8, 4) is 0 Å². The second kappa shape index (κ2) is 7.24. The number of aryl methyl sites for hydroxylation is 2. The average Bonchev–Trinajstić information content (AvgIpc) is 3.01. The summed E-state index contributed by atoms with van der Waals surface area (Å²) >= 11 is 0. The number of hydrogen-bond donors (Lipinski definition) is 0. The van der Waals surface area contributed by atoms with Crippen LogP contribution in [-0.4, -0.2) is 66.3 Å². The van der Waals surface area contributed by atoms with Crippen LogP contribution in [0.3, 0.4) is 0 Å². The first-order chi connectivity index (χ1) is 13.0. The van der Waals surface area contributed by atoms with Gasteiger partial charge in [-0.05, 0) is 19.1 Å². The quantitative estimate of drug-likeness (QED) is 0.493. The number of nitro groups is 1. The third-order valence-electron chi connectivity index (χ3n) is 4.47. The number of hydrogen-bond acceptors (Lipinski definition) is 7. The molecule has 0 unspecified atom stereocenters. The van der Waals surface area contributed by atoms with Gasteiger partial charge >= 0.3 is 0 Å². The minimum absolute atomic E-state index is 0.00286. The topological polar surface area (TPSA) is 136 Å². The van der Waals surface area contributed by atoms with Crippen LogP contribution in [-0.2, 0) is 27.1 Å². The number of sulfonamides is 2. The molecule has 0 aliphatic carbocycles. The van der Waals surface area contributed by atoms with Crippen molar-refractivity contribution in [2.24, 2.45) is 7.05 Å². The van der Waals surface area contributed by atoms with Gasteiger partial charge in [-0.15, -0.1) is 0 Å². The van der Waals surface area contributed by atoms with Gasteiger partial charge in [0.25, 0.3) is 5.69 Å². The summed E-state index contributed by atoms with van der Waals surface area (Å²) in [6.07, 6.45) is 1.42. The fraction of sp³-hybridized carbons (Fsp3) is 0.400. The number of piperazine rings is 1. The molecule has 2 heterocycles. The van der Waals surface area contributed by atoms with Gasteiger partial charge in [-0.3, -0.25) is 14.8 Å². The molecule has 1 aromatic carbocycles. The lowest BCUT2D eigenvalue weighted by Crippen LogP contribution is -2.50. The van der Waals surface area contributed by atoms with Gasteiger partial charge in [0, 0.05) is 51.6 Å². The maximum absolute atomic E-state index is 12.8. The van der Waals surface area contributed by atoms with E-state index in [0.29, 0.717) is 5.69 Å². The molecule has 1 saturated heterocycles. The maximum Gasteiger partial charge on any atom is 0.269 e. The predicted octanol–water partition coefficient (Wildman–Crippen LogP) is 0.332. The van der Waals surface area contributed by atoms with Crippen LogP contribution in [0.1, 0.15) is 5.69 Å². The minimum atomic E-state index is -3.87. The van der Waals surface area contributed by atoms with Crippen LogP contribution in [0.5, 0.6) is 0 Å². The lowest BCUT2D eigenvalue weighted by atomic mass is 10.3. The van der Waals surface area contributed by atoms with E-state index >= 15 is 0 Å². The lowest BCUT2D eigenvalue weighted by molar-refractivity contribution is -0.384. The van der Waals surface area contributed by atoms with E-state index in [9.17, 15) is 26.9 Å². The molecular weight excluding hydrogens is 410 g/mol. The zero-order chi connectivity index (χ0) is 20.7. The van der Waals surface area contributed by atoms with Crippen LogP contribution < -0.4 is 0 Å². The Morgan fingerprint density at radius 1 is 0.964 bits per heavy atom. The largest absolute Gasteiger partial charge is 0.274 e. The minimum Gasteiger partial charge on any atom is -0.274 e. The predicted molar refractivity (Wildman–Crippen MR) is 98.6 cm³/mol. The normalized spacial score (nSPS) is 16.9. The highest BCUT2D eigenvalue weighted by atomic mass is 32.2. The first kappa shape index (κ1) is 20.4. The fourth-order valence-electron chi connectivity index (χ4n) is 3.01. The molecule has 0 spiro atoms. The summed E-state index contributed by atoms with van der Waals surface area (Å²) in [5.41, 5.74) is 0.171. The summed E-state index contributed by atoms with van der Waals surface area (Å²) in [6.45, 7) is 1.57. The molecule has 11 nitrogen and oxygen atoms in total. The highest BCUT2D eigenvalue weighted by Crippen LogP contribution is 2.24. The summed E-state index contributed by atoms with van der Waals surface area (Å²) in [5.74, 6) is 0. The molecule has 0 N–H and O–H groups in total. The van der Waals surface area contributed by atoms with Crippen molar-refractivity contribution >= 4 is 25.7 Å². The van der Waals surface area contributed by atoms with Crippen molar-refractivity contribution in [3.05, 3.63) is 46.3 Å². The Kier molecular flexibility index (Phi) is 5.27. The average molecular weight is 429 g/mol. The monoisotopic (exact) mass is 429 g/mol. The van der Waals surface area contributed by atoms with Gasteiger partial charge in [0.1, 0.15) is 4.90 Å². The molecular formula is C15H19N5O6S2. The second-order valence-corrected chi connectivity index (χ2v) is 10.2. The Labute approximate surface area is 162 Å². The van der Waals surface area contributed by atoms with Crippen molar-refractivity contribution in [2.45, 2.75) is 16.7 Å². The molecule has 1 aromatic heterocycles. The lowest BCUT2D eigenvalue weighted by Gasteiger charge is -2.33. The van der Waals surface area contributed by atoms with E-state index in [4.69, 9.17) is 0 Å². The third-order valence-corrected chi connectivity index (χ3v) is 8.38. The first-order valence-electron chi connectivity index (χ1n) is 8.28. The van der Waals surface area contributed by atoms with Gasteiger partial charge in [-0.1, -0.05) is 0 Å². The Bertz CT molecular complexity index is 1100. The van der Waals surface area contributed by atoms with Crippen molar-refractivity contribution in [2.75, 3.05) is 26.2 Å². The van der Waals surface area contributed by atoms with E-state index in [1.807, 2.05) is 0 Å². The van der Waals surface area contributed by atoms with Gasteiger partial charge in [0.15, 0.2) is 0 Å². The highest BCUT2D eigenvalue weighted by molar-refractivity contribution is 7.89. The second-order valence-electron chi connectivity index (χ2n) is 6.31. The number of aromatic nitrogens is 2. The fourth-order valence-corrected chi connectivity index (χ4v) is 6.05. The molecule has 0 atom stereocenters. The van der Waals surface area contributed by atoms with Crippen molar-refractivity contribution in [1.82, 2.24) is 18.4 Å². The van der Waals surface area contributed by atoms with Crippen LogP contribution >= 0.6 is 0 Å². The standard InChI is InChI=1S/C15H19N5O6S2/c1-12-15(11-17(2)16-12)28(25,26)19-9-7-18(8-10-19)27(23,24)14-5-3-13(4-6-14)20(21)22/h3-6,11H,7-10H2,1-2H3. The Hall–Kier alpha value is -2.35. The molecule has 13 heteroatoms. The number of nitro benzene ring substituents is 1. The van der Waals surface area contributed by atoms with Crippen LogP contribution in [0.25, 0.3) is 0 Å². The van der Waals surface area contributed by atoms with E-state index in [-0.39, 0.29) is 41.7 Å². The molecule has 1 aliphatic rings. The summed E-state index contributed by atoms with van der Waals surface area (Å²) in [6, 6.07) is 4.60. The molecule has 0 bridgehead atoms. The molecule has 0 saturated carbocycles. The maximum atomic E-state index is 12.8. The smallest absolute Gasteiger partial charge is 0.269 e. The molecule has 3 rings (SSSR count). The molecule has 1 aliphatic heterocycles. The summed E-state index contributed by atoms with van der Waals surface area (Å²) < 4.78 is 54.9. The molecule has 152 valence electrons. The van der Waals surface area contributed by atoms with E-state index < -0.39 is 25.0 Å². The third kappa shape index (κ3) is 3.65. The summed E-state index contributed by atoms with van der Waals surface area (Å²) in [5, 5.41) is 14.8. The highest BCUT2D eigenvalue weighted by Gasteiger charge is 2.35. The summed E-state index contributed by atoms with van der Waals surface area (Å²) in [4.78, 5) is 10.1. The molecule has 28 heavy (non-hydrogen) atoms. The molecule has 2 aromatic rings. The number of benzene rings is 1. The van der Waals surface area contributed by atoms with Gasteiger partial charge < -0.3 is 0 Å². The van der Waals surface area contributed by atoms with E-state index in [1.165, 1.54) is 31.6 Å². The van der Waals surface area contributed by atoms with Crippen molar-refractivity contribution < 1.29 is 21.8 Å². The van der Waals surface area contributed by atoms with Gasteiger partial charge in [0.05, 0.1) is 15.5 Å². The van der Waals surface area contributed by atoms with E-state index in [0.717, 1.165) is 12.1 Å². The van der Waals surface area contributed by atoms with Crippen molar-refractivity contribution in [3.63, 3.8) is 0 Å². The van der Waals surface area contributed by atoms with Gasteiger partial charge in [-0.25, -0.2) is 16.8 Å². The SMILES string of the molecule is Cc1nn(C)cc1S(=O)(=O)N1CCN(S(=O)(=O)c2ccc([N+](=O)[O-])cc2)CC1. The number of rotatable bonds is 5. The van der Waals surface area contributed by atoms with Crippen LogP contribution in [0.4, 0.5) is 5.69 Å². The number of nitrogens with zero attached hydrogens (tertiary/aromatic N) is 5. The van der Waals surface area contributed by atoms with Crippen LogP contribution in [0.2, 0.25) is 0 Å².